The third-order valence-corrected chi connectivity index (χ3v) is 8.52. The van der Waals surface area contributed by atoms with Gasteiger partial charge >= 0.3 is 0 Å². The summed E-state index contributed by atoms with van der Waals surface area (Å²) in [5.74, 6) is 0.677. The number of nitrogens with one attached hydrogen (secondary N) is 1. The molecule has 202 valence electrons. The lowest BCUT2D eigenvalue weighted by Crippen LogP contribution is -2.51. The zero-order chi connectivity index (χ0) is 27.6. The van der Waals surface area contributed by atoms with Gasteiger partial charge in [-0.05, 0) is 46.7 Å². The first-order valence-electron chi connectivity index (χ1n) is 12.9. The average molecular weight is 545 g/mol. The first-order valence-corrected chi connectivity index (χ1v) is 14.4. The number of carbonyl (C=O) groups is 1. The van der Waals surface area contributed by atoms with Gasteiger partial charge < -0.3 is 14.8 Å². The molecular weight excluding hydrogens is 512 g/mol. The molecule has 0 bridgehead atoms. The summed E-state index contributed by atoms with van der Waals surface area (Å²) < 4.78 is 40.7. The largest absolute Gasteiger partial charge is 0.491 e. The third kappa shape index (κ3) is 5.56. The molecule has 1 heterocycles. The molecule has 7 nitrogen and oxygen atoms in total. The highest BCUT2D eigenvalue weighted by atomic mass is 32.2. The summed E-state index contributed by atoms with van der Waals surface area (Å²) in [5, 5.41) is 4.91. The van der Waals surface area contributed by atoms with Gasteiger partial charge in [0.1, 0.15) is 18.1 Å². The number of benzene rings is 4. The molecule has 1 aliphatic heterocycles. The van der Waals surface area contributed by atoms with Gasteiger partial charge in [-0.15, -0.1) is 0 Å². The van der Waals surface area contributed by atoms with E-state index in [-0.39, 0.29) is 30.0 Å². The molecule has 0 spiro atoms. The number of anilines is 1. The first kappa shape index (κ1) is 26.6. The van der Waals surface area contributed by atoms with Crippen LogP contribution in [0.3, 0.4) is 0 Å². The molecular formula is C31H32N2O5S. The van der Waals surface area contributed by atoms with Crippen molar-refractivity contribution in [3.05, 3.63) is 96.6 Å². The third-order valence-electron chi connectivity index (χ3n) is 6.73. The predicted molar refractivity (Wildman–Crippen MR) is 153 cm³/mol. The van der Waals surface area contributed by atoms with E-state index in [1.165, 1.54) is 4.31 Å². The van der Waals surface area contributed by atoms with E-state index in [0.717, 1.165) is 22.1 Å². The standard InChI is InChI=1S/C31H32N2O5S/c1-31(2,3)23-16-17-28-26(20-23)33(39(35,36)24-12-5-4-6-13-24)21-29(38-28)30(34)32-18-19-37-27-15-9-11-22-10-7-8-14-25(22)27/h4-17,20,29H,18-19,21H2,1-3H3,(H,32,34)/t29-/m1/s1. The Balaban J connectivity index is 1.33. The van der Waals surface area contributed by atoms with Crippen LogP contribution in [0, 0.1) is 0 Å². The molecule has 8 heteroatoms. The molecule has 0 saturated carbocycles. The van der Waals surface area contributed by atoms with Crippen molar-refractivity contribution in [3.8, 4) is 11.5 Å². The second-order valence-corrected chi connectivity index (χ2v) is 12.4. The monoisotopic (exact) mass is 544 g/mol. The minimum atomic E-state index is -3.94. The van der Waals surface area contributed by atoms with Crippen LogP contribution in [-0.2, 0) is 20.2 Å². The number of hydrogen-bond donors (Lipinski definition) is 1. The van der Waals surface area contributed by atoms with Crippen LogP contribution in [-0.4, -0.2) is 40.1 Å². The molecule has 1 atom stereocenters. The van der Waals surface area contributed by atoms with Gasteiger partial charge in [0.15, 0.2) is 6.10 Å². The van der Waals surface area contributed by atoms with E-state index >= 15 is 0 Å². The van der Waals surface area contributed by atoms with Crippen molar-refractivity contribution in [2.24, 2.45) is 0 Å². The zero-order valence-corrected chi connectivity index (χ0v) is 23.1. The molecule has 1 aliphatic rings. The smallest absolute Gasteiger partial charge is 0.264 e. The molecule has 39 heavy (non-hydrogen) atoms. The number of fused-ring (bicyclic) bond motifs is 2. The number of sulfonamides is 1. The first-order chi connectivity index (χ1) is 18.6. The maximum absolute atomic E-state index is 13.7. The van der Waals surface area contributed by atoms with Gasteiger partial charge in [-0.25, -0.2) is 8.42 Å². The van der Waals surface area contributed by atoms with E-state index in [9.17, 15) is 13.2 Å². The van der Waals surface area contributed by atoms with Crippen molar-refractivity contribution >= 4 is 32.4 Å². The quantitative estimate of drug-likeness (QED) is 0.320. The molecule has 0 aliphatic carbocycles. The molecule has 0 aromatic heterocycles. The number of nitrogens with zero attached hydrogens (tertiary/aromatic N) is 1. The van der Waals surface area contributed by atoms with Crippen molar-refractivity contribution in [1.29, 1.82) is 0 Å². The molecule has 5 rings (SSSR count). The lowest BCUT2D eigenvalue weighted by molar-refractivity contribution is -0.127. The Morgan fingerprint density at radius 2 is 1.69 bits per heavy atom. The predicted octanol–water partition coefficient (Wildman–Crippen LogP) is 5.29. The second-order valence-electron chi connectivity index (χ2n) is 10.5. The van der Waals surface area contributed by atoms with Crippen molar-refractivity contribution in [2.75, 3.05) is 24.0 Å². The Morgan fingerprint density at radius 3 is 2.46 bits per heavy atom. The number of carbonyl (C=O) groups excluding carboxylic acids is 1. The Bertz CT molecular complexity index is 1590. The fourth-order valence-electron chi connectivity index (χ4n) is 4.57. The highest BCUT2D eigenvalue weighted by Crippen LogP contribution is 2.40. The fraction of sp³-hybridized carbons (Fsp3) is 0.258. The van der Waals surface area contributed by atoms with Gasteiger partial charge in [-0.2, -0.15) is 0 Å². The average Bonchev–Trinajstić information content (AvgIpc) is 2.94. The zero-order valence-electron chi connectivity index (χ0n) is 22.3. The van der Waals surface area contributed by atoms with Crippen molar-refractivity contribution in [3.63, 3.8) is 0 Å². The Labute approximate surface area is 229 Å². The summed E-state index contributed by atoms with van der Waals surface area (Å²) in [4.78, 5) is 13.3. The minimum absolute atomic E-state index is 0.145. The lowest BCUT2D eigenvalue weighted by Gasteiger charge is -2.36. The van der Waals surface area contributed by atoms with Crippen LogP contribution < -0.4 is 19.1 Å². The van der Waals surface area contributed by atoms with Gasteiger partial charge in [0.05, 0.1) is 23.7 Å². The van der Waals surface area contributed by atoms with Crippen LogP contribution in [0.1, 0.15) is 26.3 Å². The normalized spacial score (nSPS) is 15.4. The van der Waals surface area contributed by atoms with Gasteiger partial charge in [-0.3, -0.25) is 9.10 Å². The summed E-state index contributed by atoms with van der Waals surface area (Å²) in [5.41, 5.74) is 1.19. The topological polar surface area (TPSA) is 84.9 Å². The van der Waals surface area contributed by atoms with Crippen LogP contribution in [0.4, 0.5) is 5.69 Å². The van der Waals surface area contributed by atoms with E-state index < -0.39 is 22.0 Å². The summed E-state index contributed by atoms with van der Waals surface area (Å²) in [7, 11) is -3.94. The highest BCUT2D eigenvalue weighted by molar-refractivity contribution is 7.92. The van der Waals surface area contributed by atoms with Gasteiger partial charge in [0, 0.05) is 5.39 Å². The van der Waals surface area contributed by atoms with E-state index in [0.29, 0.717) is 11.4 Å². The molecule has 4 aromatic rings. The molecule has 0 fully saturated rings. The fourth-order valence-corrected chi connectivity index (χ4v) is 6.06. The van der Waals surface area contributed by atoms with E-state index in [2.05, 4.69) is 26.1 Å². The Hall–Kier alpha value is -4.04. The molecule has 0 saturated heterocycles. The van der Waals surface area contributed by atoms with Gasteiger partial charge in [-0.1, -0.05) is 81.4 Å². The van der Waals surface area contributed by atoms with Crippen LogP contribution in [0.15, 0.2) is 95.9 Å². The SMILES string of the molecule is CC(C)(C)c1ccc2c(c1)N(S(=O)(=O)c1ccccc1)C[C@H](C(=O)NCCOc1cccc3ccccc13)O2. The Morgan fingerprint density at radius 1 is 0.974 bits per heavy atom. The van der Waals surface area contributed by atoms with Crippen LogP contribution >= 0.6 is 0 Å². The Kier molecular flexibility index (Phi) is 7.23. The number of amides is 1. The van der Waals surface area contributed by atoms with Gasteiger partial charge in [0.2, 0.25) is 0 Å². The highest BCUT2D eigenvalue weighted by Gasteiger charge is 2.38. The molecule has 0 unspecified atom stereocenters. The van der Waals surface area contributed by atoms with Crippen LogP contribution in [0.2, 0.25) is 0 Å². The van der Waals surface area contributed by atoms with Crippen LogP contribution in [0.5, 0.6) is 11.5 Å². The van der Waals surface area contributed by atoms with E-state index in [4.69, 9.17) is 9.47 Å². The molecule has 1 amide bonds. The van der Waals surface area contributed by atoms with E-state index in [1.807, 2.05) is 54.6 Å². The summed E-state index contributed by atoms with van der Waals surface area (Å²) in [6.45, 7) is 6.53. The summed E-state index contributed by atoms with van der Waals surface area (Å²) in [6, 6.07) is 27.5. The van der Waals surface area contributed by atoms with Crippen molar-refractivity contribution < 1.29 is 22.7 Å². The summed E-state index contributed by atoms with van der Waals surface area (Å²) in [6.07, 6.45) is -1.02. The van der Waals surface area contributed by atoms with Gasteiger partial charge in [0.25, 0.3) is 15.9 Å². The molecule has 4 aromatic carbocycles. The van der Waals surface area contributed by atoms with Crippen molar-refractivity contribution in [2.45, 2.75) is 37.2 Å². The summed E-state index contributed by atoms with van der Waals surface area (Å²) >= 11 is 0. The lowest BCUT2D eigenvalue weighted by atomic mass is 9.86. The number of ether oxygens (including phenoxy) is 2. The molecule has 0 radical (unpaired) electrons. The van der Waals surface area contributed by atoms with Crippen molar-refractivity contribution in [1.82, 2.24) is 5.32 Å². The van der Waals surface area contributed by atoms with Crippen LogP contribution in [0.25, 0.3) is 10.8 Å². The van der Waals surface area contributed by atoms with E-state index in [1.54, 1.807) is 36.4 Å². The molecule has 1 N–H and O–H groups in total. The maximum atomic E-state index is 13.7. The maximum Gasteiger partial charge on any atom is 0.264 e. The number of rotatable bonds is 7. The minimum Gasteiger partial charge on any atom is -0.491 e. The number of hydrogen-bond acceptors (Lipinski definition) is 5. The second kappa shape index (κ2) is 10.6.